The molecule has 2 saturated heterocycles. The molecule has 114 heavy (non-hydrogen) atoms. The second-order valence-electron chi connectivity index (χ2n) is 31.3. The Balaban J connectivity index is 0.918. The van der Waals surface area contributed by atoms with Gasteiger partial charge < -0.3 is 66.1 Å². The molecular weight excluding hydrogens is 1480 g/mol. The van der Waals surface area contributed by atoms with Crippen LogP contribution in [0.4, 0.5) is 0 Å². The van der Waals surface area contributed by atoms with Gasteiger partial charge in [0.2, 0.25) is 51.4 Å². The maximum absolute atomic E-state index is 15.3. The topological polar surface area (TPSA) is 394 Å². The molecule has 3 fully saturated rings. The fraction of sp³-hybridized carbons (Fsp3) is 0.452. The highest BCUT2D eigenvalue weighted by Gasteiger charge is 2.49. The van der Waals surface area contributed by atoms with E-state index in [-0.39, 0.29) is 83.6 Å². The molecule has 0 unspecified atom stereocenters. The molecule has 7 aliphatic rings. The van der Waals surface area contributed by atoms with Gasteiger partial charge in [-0.15, -0.1) is 5.10 Å². The third kappa shape index (κ3) is 21.7. The zero-order valence-electron chi connectivity index (χ0n) is 65.3. The van der Waals surface area contributed by atoms with Crippen molar-refractivity contribution < 1.29 is 80.8 Å². The Morgan fingerprint density at radius 2 is 1.20 bits per heavy atom. The Hall–Kier alpha value is -10.8. The highest BCUT2D eigenvalue weighted by atomic mass is 32.2. The summed E-state index contributed by atoms with van der Waals surface area (Å²) in [6, 6.07) is 29.2. The molecule has 7 aromatic rings. The lowest BCUT2D eigenvalue weighted by Gasteiger charge is -2.36. The number of hydrogen-bond acceptors (Lipinski definition) is 20. The number of amides is 7. The first-order valence-corrected chi connectivity index (χ1v) is 40.2. The number of carboxylic acid groups (broad SMARTS) is 1. The summed E-state index contributed by atoms with van der Waals surface area (Å²) in [5, 5.41) is 50.6. The highest BCUT2D eigenvalue weighted by Crippen LogP contribution is 2.34. The van der Waals surface area contributed by atoms with Gasteiger partial charge in [0.15, 0.2) is 5.78 Å². The summed E-state index contributed by atoms with van der Waals surface area (Å²) in [6.07, 6.45) is 1.88. The third-order valence-corrected chi connectivity index (χ3v) is 23.5. The Kier molecular flexibility index (Phi) is 27.6. The predicted molar refractivity (Wildman–Crippen MR) is 423 cm³/mol. The van der Waals surface area contributed by atoms with E-state index >= 15 is 19.2 Å². The van der Waals surface area contributed by atoms with Gasteiger partial charge in [-0.2, -0.15) is 0 Å². The van der Waals surface area contributed by atoms with Crippen LogP contribution in [0.15, 0.2) is 152 Å². The second-order valence-corrected chi connectivity index (χ2v) is 33.2. The number of hydrogen-bond donors (Lipinski definition) is 9. The van der Waals surface area contributed by atoms with Crippen molar-refractivity contribution in [1.29, 1.82) is 0 Å². The lowest BCUT2D eigenvalue weighted by molar-refractivity contribution is -0.146. The number of aliphatic hydroxyl groups is 1. The number of Topliss-reactive ketones (excluding diaryl/α,β-unsaturated/α-hetero) is 2. The van der Waals surface area contributed by atoms with Crippen LogP contribution < -0.4 is 46.1 Å². The number of likely N-dealkylation sites (N-methyl/N-ethyl adjacent to an activating group) is 2. The van der Waals surface area contributed by atoms with Crippen molar-refractivity contribution in [3.05, 3.63) is 180 Å². The normalized spacial score (nSPS) is 22.9. The number of rotatable bonds is 18. The number of nitrogens with zero attached hydrogens (tertiary/aromatic N) is 5. The molecular formula is C84H102N12O17S. The van der Waals surface area contributed by atoms with E-state index in [4.69, 9.17) is 14.2 Å². The SMILES string of the molecule is CN[C@@H](C)C(=O)C[C@@H](C(=O)N1C[C@@H]2C[C@H]1C(=O)N[C@@H](Cc1ccc3ccccc3c1)C(=O)C[C@H](C(=O)NS(=O)(=O)C1CC1)Cc1ccc(cc1)OCc1cn(nn1)[C@H]1C[C@@H](C(=O)N[C@@H](Cc3ccc4ccccc4c3)C(=O)N[C@H](C(=O)O)Cc3ccc(cc3)OC/C=C/CO2)N(C(=O)[C@@H](NC(=O)[C@H](C)NC)C(C)(C)C)C1)[C@@H](C)O. The van der Waals surface area contributed by atoms with Gasteiger partial charge in [0.05, 0.1) is 60.3 Å². The van der Waals surface area contributed by atoms with Gasteiger partial charge in [-0.1, -0.05) is 141 Å². The number of ether oxygens (including phenoxy) is 3. The molecule has 0 spiro atoms. The number of carbonyl (C=O) groups is 10. The van der Waals surface area contributed by atoms with Crippen molar-refractivity contribution in [3.8, 4) is 11.5 Å². The van der Waals surface area contributed by atoms with Gasteiger partial charge >= 0.3 is 5.97 Å². The number of likely N-dealkylation sites (tertiary alicyclic amines) is 2. The summed E-state index contributed by atoms with van der Waals surface area (Å²) in [5.74, 6) is -9.25. The second kappa shape index (κ2) is 37.4. The van der Waals surface area contributed by atoms with Crippen molar-refractivity contribution in [2.75, 3.05) is 40.4 Å². The van der Waals surface area contributed by atoms with Crippen LogP contribution in [-0.4, -0.2) is 209 Å². The van der Waals surface area contributed by atoms with E-state index in [1.54, 1.807) is 116 Å². The maximum Gasteiger partial charge on any atom is 0.326 e. The predicted octanol–water partition coefficient (Wildman–Crippen LogP) is 4.94. The number of nitrogens with one attached hydrogen (secondary N) is 7. The van der Waals surface area contributed by atoms with Crippen molar-refractivity contribution in [3.63, 3.8) is 0 Å². The average molecular weight is 1580 g/mol. The molecule has 7 amide bonds. The summed E-state index contributed by atoms with van der Waals surface area (Å²) < 4.78 is 49.3. The number of ketones is 2. The summed E-state index contributed by atoms with van der Waals surface area (Å²) in [4.78, 5) is 148. The van der Waals surface area contributed by atoms with Crippen molar-refractivity contribution in [2.24, 2.45) is 17.3 Å². The molecule has 1 aromatic heterocycles. The number of sulfonamides is 1. The molecule has 6 aromatic carbocycles. The molecule has 29 nitrogen and oxygen atoms in total. The first-order chi connectivity index (χ1) is 54.4. The van der Waals surface area contributed by atoms with E-state index < -0.39 is 159 Å². The molecule has 10 bridgehead atoms. The number of aromatic nitrogens is 3. The van der Waals surface area contributed by atoms with Crippen LogP contribution in [0.1, 0.15) is 114 Å². The van der Waals surface area contributed by atoms with Crippen LogP contribution in [0, 0.1) is 17.3 Å². The van der Waals surface area contributed by atoms with E-state index in [1.165, 1.54) is 21.4 Å². The van der Waals surface area contributed by atoms with Crippen LogP contribution >= 0.6 is 0 Å². The van der Waals surface area contributed by atoms with E-state index in [0.717, 1.165) is 21.5 Å². The van der Waals surface area contributed by atoms with Gasteiger partial charge in [0.1, 0.15) is 66.4 Å². The number of carboxylic acids is 1. The van der Waals surface area contributed by atoms with Gasteiger partial charge in [0, 0.05) is 57.5 Å². The largest absolute Gasteiger partial charge is 0.490 e. The third-order valence-electron chi connectivity index (χ3n) is 21.7. The van der Waals surface area contributed by atoms with E-state index in [1.807, 2.05) is 84.9 Å². The summed E-state index contributed by atoms with van der Waals surface area (Å²) in [6.45, 7) is 9.56. The van der Waals surface area contributed by atoms with Gasteiger partial charge in [-0.25, -0.2) is 17.9 Å². The van der Waals surface area contributed by atoms with Gasteiger partial charge in [0.25, 0.3) is 0 Å². The Labute approximate surface area is 662 Å². The molecule has 1 saturated carbocycles. The van der Waals surface area contributed by atoms with E-state index in [0.29, 0.717) is 52.3 Å². The average Bonchev–Trinajstić information content (AvgIpc) is 1.63. The van der Waals surface area contributed by atoms with Crippen molar-refractivity contribution in [1.82, 2.24) is 61.4 Å². The standard InChI is InChI=1S/C84H102N12O17S/c1-49(85-7)73(98)44-67(51(3)97)81(105)95-47-65-43-72(95)80(104)87-68(39-54-19-25-56-15-9-11-17-58(56)36-54)74(99)41-60(77(101)92-114(109,110)66-31-32-66)35-52-21-29-64(30-22-52)113-48-61-45-96(93-91-61)62-42-71(94(46-62)82(106)75(84(4,5)6)90-76(100)50(2)86-8)79(103)88-69(40-55-20-26-57-16-10-12-18-59(57)37-55)78(102)89-70(83(107)108)38-53-23-27-63(28-24-53)111-33-13-14-34-112-65/h9-30,36-37,45,49-51,60,62,65-72,75,85-86,97H,31-35,38-44,46-48H2,1-8H3,(H,87,104)(H,88,103)(H,89,102)(H,90,100)(H,92,101)(H,107,108)/b14-13+/t49-,50-,51+,60+,62-,65-,67+,68-,69-,70-,71-,72-,75+/m0/s1. The van der Waals surface area contributed by atoms with Crippen LogP contribution in [0.25, 0.3) is 21.5 Å². The highest BCUT2D eigenvalue weighted by molar-refractivity contribution is 7.90. The Morgan fingerprint density at radius 3 is 1.79 bits per heavy atom. The summed E-state index contributed by atoms with van der Waals surface area (Å²) in [5.41, 5.74) is 1.69. The molecule has 9 N–H and O–H groups in total. The molecule has 1 aliphatic carbocycles. The van der Waals surface area contributed by atoms with Crippen molar-refractivity contribution >= 4 is 90.5 Å². The summed E-state index contributed by atoms with van der Waals surface area (Å²) >= 11 is 0. The molecule has 0 radical (unpaired) electrons. The molecule has 30 heteroatoms. The Bertz CT molecular complexity index is 4810. The zero-order chi connectivity index (χ0) is 81.7. The minimum Gasteiger partial charge on any atom is -0.490 e. The quantitative estimate of drug-likeness (QED) is 0.0514. The van der Waals surface area contributed by atoms with Crippen LogP contribution in [-0.2, 0) is 95.0 Å². The lowest BCUT2D eigenvalue weighted by atomic mass is 9.85. The number of carbonyl (C=O) groups excluding carboxylic acids is 9. The minimum absolute atomic E-state index is 0.0293. The monoisotopic (exact) mass is 1580 g/mol. The Morgan fingerprint density at radius 1 is 0.640 bits per heavy atom. The fourth-order valence-electron chi connectivity index (χ4n) is 14.5. The van der Waals surface area contributed by atoms with Crippen LogP contribution in [0.2, 0.25) is 0 Å². The molecule has 606 valence electrons. The van der Waals surface area contributed by atoms with Gasteiger partial charge in [-0.3, -0.25) is 47.9 Å². The number of benzene rings is 6. The molecule has 7 heterocycles. The number of fused-ring (bicyclic) bond motifs is 2. The first-order valence-electron chi connectivity index (χ1n) is 38.7. The molecule has 6 aliphatic heterocycles. The van der Waals surface area contributed by atoms with E-state index in [9.17, 15) is 47.4 Å². The first kappa shape index (κ1) is 84.1. The van der Waals surface area contributed by atoms with Crippen LogP contribution in [0.3, 0.4) is 0 Å². The number of aliphatic hydroxyl groups excluding tert-OH is 1. The minimum atomic E-state index is -4.15. The summed E-state index contributed by atoms with van der Waals surface area (Å²) in [7, 11) is -0.953. The van der Waals surface area contributed by atoms with Gasteiger partial charge in [-0.05, 0) is 140 Å². The maximum atomic E-state index is 15.3. The molecule has 14 rings (SSSR count). The molecule has 13 atom stereocenters. The smallest absolute Gasteiger partial charge is 0.326 e. The zero-order valence-corrected chi connectivity index (χ0v) is 66.1. The van der Waals surface area contributed by atoms with Crippen LogP contribution in [0.5, 0.6) is 11.5 Å². The number of aliphatic carboxylic acids is 1. The van der Waals surface area contributed by atoms with E-state index in [2.05, 4.69) is 46.9 Å². The van der Waals surface area contributed by atoms with Crippen molar-refractivity contribution in [2.45, 2.75) is 184 Å². The fourth-order valence-corrected chi connectivity index (χ4v) is 15.9. The lowest BCUT2D eigenvalue weighted by Crippen LogP contribution is -2.60.